The van der Waals surface area contributed by atoms with E-state index in [1.54, 1.807) is 6.92 Å². The van der Waals surface area contributed by atoms with Gasteiger partial charge in [-0.15, -0.1) is 11.8 Å². The van der Waals surface area contributed by atoms with Crippen LogP contribution < -0.4 is 5.32 Å². The molecular formula is C15H19N3O2S. The molecule has 6 heteroatoms. The molecule has 0 unspecified atom stereocenters. The Balaban J connectivity index is 1.78. The van der Waals surface area contributed by atoms with Crippen molar-refractivity contribution in [3.8, 4) is 0 Å². The zero-order valence-electron chi connectivity index (χ0n) is 12.4. The lowest BCUT2D eigenvalue weighted by atomic mass is 10.0. The lowest BCUT2D eigenvalue weighted by molar-refractivity contribution is -0.119. The van der Waals surface area contributed by atoms with Crippen molar-refractivity contribution in [2.45, 2.75) is 32.6 Å². The minimum Gasteiger partial charge on any atom is -0.349 e. The first-order valence-corrected chi connectivity index (χ1v) is 7.93. The maximum absolute atomic E-state index is 11.9. The Morgan fingerprint density at radius 3 is 2.81 bits per heavy atom. The van der Waals surface area contributed by atoms with Gasteiger partial charge in [-0.25, -0.2) is 0 Å². The number of benzene rings is 1. The molecule has 1 atom stereocenters. The van der Waals surface area contributed by atoms with E-state index in [0.717, 1.165) is 5.56 Å². The van der Waals surface area contributed by atoms with Crippen LogP contribution in [0.1, 0.15) is 35.8 Å². The Kier molecular flexibility index (Phi) is 5.38. The van der Waals surface area contributed by atoms with Crippen molar-refractivity contribution in [2.75, 3.05) is 5.75 Å². The summed E-state index contributed by atoms with van der Waals surface area (Å²) in [6.07, 6.45) is 0. The van der Waals surface area contributed by atoms with Crippen molar-refractivity contribution >= 4 is 17.7 Å². The Morgan fingerprint density at radius 2 is 2.14 bits per heavy atom. The van der Waals surface area contributed by atoms with Crippen LogP contribution in [0.15, 0.2) is 28.8 Å². The fourth-order valence-electron chi connectivity index (χ4n) is 2.07. The van der Waals surface area contributed by atoms with Gasteiger partial charge in [-0.2, -0.15) is 4.98 Å². The van der Waals surface area contributed by atoms with E-state index in [1.807, 2.05) is 38.1 Å². The summed E-state index contributed by atoms with van der Waals surface area (Å²) in [5, 5.41) is 6.80. The zero-order valence-corrected chi connectivity index (χ0v) is 13.2. The normalized spacial score (nSPS) is 12.1. The first-order valence-electron chi connectivity index (χ1n) is 6.78. The van der Waals surface area contributed by atoms with E-state index >= 15 is 0 Å². The average Bonchev–Trinajstić information content (AvgIpc) is 2.84. The average molecular weight is 305 g/mol. The number of carbonyl (C=O) groups excluding carboxylic acids is 1. The maximum atomic E-state index is 11.9. The van der Waals surface area contributed by atoms with Gasteiger partial charge in [0, 0.05) is 6.92 Å². The second-order valence-electron chi connectivity index (χ2n) is 4.87. The highest BCUT2D eigenvalue weighted by atomic mass is 32.2. The van der Waals surface area contributed by atoms with Crippen molar-refractivity contribution in [1.82, 2.24) is 15.5 Å². The van der Waals surface area contributed by atoms with Gasteiger partial charge in [-0.3, -0.25) is 4.79 Å². The molecule has 1 heterocycles. The van der Waals surface area contributed by atoms with Gasteiger partial charge in [-0.05, 0) is 25.0 Å². The van der Waals surface area contributed by atoms with E-state index in [9.17, 15) is 4.79 Å². The van der Waals surface area contributed by atoms with E-state index in [4.69, 9.17) is 4.52 Å². The summed E-state index contributed by atoms with van der Waals surface area (Å²) in [5.74, 6) is 2.13. The number of nitrogens with one attached hydrogen (secondary N) is 1. The third-order valence-corrected chi connectivity index (χ3v) is 4.00. The number of hydrogen-bond donors (Lipinski definition) is 1. The lowest BCUT2D eigenvalue weighted by Crippen LogP contribution is -2.28. The van der Waals surface area contributed by atoms with Gasteiger partial charge in [0.15, 0.2) is 5.82 Å². The fourth-order valence-corrected chi connectivity index (χ4v) is 2.74. The predicted octanol–water partition coefficient (Wildman–Crippen LogP) is 2.80. The van der Waals surface area contributed by atoms with Crippen LogP contribution in [0, 0.1) is 13.8 Å². The van der Waals surface area contributed by atoms with Crippen molar-refractivity contribution in [3.63, 3.8) is 0 Å². The molecule has 0 aliphatic heterocycles. The predicted molar refractivity (Wildman–Crippen MR) is 82.9 cm³/mol. The summed E-state index contributed by atoms with van der Waals surface area (Å²) in [6, 6.07) is 8.07. The summed E-state index contributed by atoms with van der Waals surface area (Å²) >= 11 is 1.47. The molecule has 0 radical (unpaired) electrons. The van der Waals surface area contributed by atoms with E-state index in [2.05, 4.69) is 15.5 Å². The molecule has 1 aromatic carbocycles. The zero-order chi connectivity index (χ0) is 15.2. The van der Waals surface area contributed by atoms with Crippen molar-refractivity contribution in [1.29, 1.82) is 0 Å². The van der Waals surface area contributed by atoms with E-state index < -0.39 is 0 Å². The minimum absolute atomic E-state index is 0.00622. The minimum atomic E-state index is 0.00622. The van der Waals surface area contributed by atoms with Gasteiger partial charge in [-0.1, -0.05) is 29.4 Å². The summed E-state index contributed by atoms with van der Waals surface area (Å²) in [7, 11) is 0. The van der Waals surface area contributed by atoms with Crippen LogP contribution in [0.4, 0.5) is 0 Å². The fraction of sp³-hybridized carbons (Fsp3) is 0.400. The number of carbonyl (C=O) groups is 1. The molecule has 2 aromatic rings. The van der Waals surface area contributed by atoms with Crippen LogP contribution in [-0.4, -0.2) is 21.8 Å². The maximum Gasteiger partial charge on any atom is 0.230 e. The standard InChI is InChI=1S/C15H19N3O2S/c1-10-6-4-5-7-13(10)11(2)16-15(19)9-21-8-14-17-12(3)20-18-14/h4-7,11H,8-9H2,1-3H3,(H,16,19)/t11-/m0/s1. The van der Waals surface area contributed by atoms with Gasteiger partial charge < -0.3 is 9.84 Å². The van der Waals surface area contributed by atoms with Crippen LogP contribution in [0.2, 0.25) is 0 Å². The molecule has 0 saturated heterocycles. The van der Waals surface area contributed by atoms with Crippen LogP contribution in [0.25, 0.3) is 0 Å². The second-order valence-corrected chi connectivity index (χ2v) is 5.85. The first-order chi connectivity index (χ1) is 10.1. The van der Waals surface area contributed by atoms with E-state index in [0.29, 0.717) is 23.2 Å². The Labute approximate surface area is 128 Å². The SMILES string of the molecule is Cc1nc(CSCC(=O)N[C@@H](C)c2ccccc2C)no1. The molecule has 1 amide bonds. The molecule has 0 fully saturated rings. The summed E-state index contributed by atoms with van der Waals surface area (Å²) in [6.45, 7) is 5.79. The topological polar surface area (TPSA) is 68.0 Å². The Hall–Kier alpha value is -1.82. The van der Waals surface area contributed by atoms with Crippen molar-refractivity contribution < 1.29 is 9.32 Å². The molecule has 0 aliphatic carbocycles. The van der Waals surface area contributed by atoms with Gasteiger partial charge >= 0.3 is 0 Å². The summed E-state index contributed by atoms with van der Waals surface area (Å²) < 4.78 is 4.88. The highest BCUT2D eigenvalue weighted by Crippen LogP contribution is 2.17. The lowest BCUT2D eigenvalue weighted by Gasteiger charge is -2.16. The highest BCUT2D eigenvalue weighted by Gasteiger charge is 2.11. The van der Waals surface area contributed by atoms with Crippen molar-refractivity contribution in [2.24, 2.45) is 0 Å². The number of thioether (sulfide) groups is 1. The van der Waals surface area contributed by atoms with E-state index in [1.165, 1.54) is 17.3 Å². The van der Waals surface area contributed by atoms with Gasteiger partial charge in [0.25, 0.3) is 0 Å². The van der Waals surface area contributed by atoms with Crippen LogP contribution in [0.5, 0.6) is 0 Å². The third kappa shape index (κ3) is 4.60. The summed E-state index contributed by atoms with van der Waals surface area (Å²) in [5.41, 5.74) is 2.32. The van der Waals surface area contributed by atoms with Gasteiger partial charge in [0.05, 0.1) is 17.5 Å². The Bertz CT molecular complexity index is 612. The molecule has 0 aliphatic rings. The molecule has 0 spiro atoms. The monoisotopic (exact) mass is 305 g/mol. The summed E-state index contributed by atoms with van der Waals surface area (Å²) in [4.78, 5) is 16.0. The molecule has 1 N–H and O–H groups in total. The quantitative estimate of drug-likeness (QED) is 0.889. The van der Waals surface area contributed by atoms with E-state index in [-0.39, 0.29) is 11.9 Å². The molecule has 5 nitrogen and oxygen atoms in total. The second kappa shape index (κ2) is 7.26. The molecule has 2 rings (SSSR count). The van der Waals surface area contributed by atoms with Crippen LogP contribution >= 0.6 is 11.8 Å². The van der Waals surface area contributed by atoms with Gasteiger partial charge in [0.2, 0.25) is 11.8 Å². The van der Waals surface area contributed by atoms with Crippen LogP contribution in [0.3, 0.4) is 0 Å². The van der Waals surface area contributed by atoms with Crippen molar-refractivity contribution in [3.05, 3.63) is 47.1 Å². The molecule has 1 aromatic heterocycles. The third-order valence-electron chi connectivity index (χ3n) is 3.07. The first kappa shape index (κ1) is 15.6. The highest BCUT2D eigenvalue weighted by molar-refractivity contribution is 7.99. The number of aromatic nitrogens is 2. The number of amides is 1. The Morgan fingerprint density at radius 1 is 1.38 bits per heavy atom. The molecule has 0 saturated carbocycles. The molecule has 112 valence electrons. The number of hydrogen-bond acceptors (Lipinski definition) is 5. The smallest absolute Gasteiger partial charge is 0.230 e. The largest absolute Gasteiger partial charge is 0.349 e. The number of rotatable bonds is 6. The van der Waals surface area contributed by atoms with Crippen LogP contribution in [-0.2, 0) is 10.5 Å². The number of nitrogens with zero attached hydrogens (tertiary/aromatic N) is 2. The number of aryl methyl sites for hydroxylation is 2. The molecular weight excluding hydrogens is 286 g/mol. The molecule has 21 heavy (non-hydrogen) atoms. The van der Waals surface area contributed by atoms with Gasteiger partial charge in [0.1, 0.15) is 0 Å². The molecule has 0 bridgehead atoms.